The van der Waals surface area contributed by atoms with E-state index in [1.54, 1.807) is 33.1 Å². The summed E-state index contributed by atoms with van der Waals surface area (Å²) >= 11 is 0. The van der Waals surface area contributed by atoms with E-state index in [9.17, 15) is 13.2 Å². The number of hydrogen-bond acceptors (Lipinski definition) is 4. The van der Waals surface area contributed by atoms with Gasteiger partial charge in [0.15, 0.2) is 0 Å². The molecule has 0 aliphatic heterocycles. The molecule has 0 heterocycles. The Balaban J connectivity index is 2.95. The van der Waals surface area contributed by atoms with Crippen LogP contribution in [0.1, 0.15) is 19.4 Å². The number of aliphatic carboxylic acids is 1. The van der Waals surface area contributed by atoms with Crippen LogP contribution < -0.4 is 4.72 Å². The van der Waals surface area contributed by atoms with Gasteiger partial charge in [-0.3, -0.25) is 4.79 Å². The van der Waals surface area contributed by atoms with Gasteiger partial charge in [0, 0.05) is 7.11 Å². The fraction of sp³-hybridized carbons (Fsp3) is 0.462. The lowest BCUT2D eigenvalue weighted by atomic mass is 10.1. The van der Waals surface area contributed by atoms with Gasteiger partial charge in [-0.2, -0.15) is 4.72 Å². The largest absolute Gasteiger partial charge is 0.480 e. The highest BCUT2D eigenvalue weighted by Crippen LogP contribution is 2.13. The third-order valence-electron chi connectivity index (χ3n) is 2.76. The van der Waals surface area contributed by atoms with E-state index >= 15 is 0 Å². The zero-order chi connectivity index (χ0) is 15.3. The SMILES string of the molecule is COCc1ccc(S(=O)(=O)N[C@H](C(=O)O)C(C)C)cc1. The van der Waals surface area contributed by atoms with E-state index in [-0.39, 0.29) is 10.8 Å². The zero-order valence-electron chi connectivity index (χ0n) is 11.7. The molecule has 7 heteroatoms. The molecule has 1 aromatic rings. The number of hydrogen-bond donors (Lipinski definition) is 2. The van der Waals surface area contributed by atoms with Gasteiger partial charge in [-0.25, -0.2) is 8.42 Å². The Labute approximate surface area is 118 Å². The second kappa shape index (κ2) is 6.83. The highest BCUT2D eigenvalue weighted by Gasteiger charge is 2.27. The van der Waals surface area contributed by atoms with Crippen LogP contribution in [0.5, 0.6) is 0 Å². The van der Waals surface area contributed by atoms with Crippen molar-refractivity contribution in [2.24, 2.45) is 5.92 Å². The molecule has 1 atom stereocenters. The lowest BCUT2D eigenvalue weighted by Crippen LogP contribution is -2.44. The average Bonchev–Trinajstić information content (AvgIpc) is 2.36. The maximum Gasteiger partial charge on any atom is 0.322 e. The number of benzene rings is 1. The minimum absolute atomic E-state index is 0.0317. The summed E-state index contributed by atoms with van der Waals surface area (Å²) in [5, 5.41) is 9.02. The first-order valence-electron chi connectivity index (χ1n) is 6.11. The molecule has 0 aliphatic carbocycles. The topological polar surface area (TPSA) is 92.7 Å². The summed E-state index contributed by atoms with van der Waals surface area (Å²) in [6.45, 7) is 3.67. The average molecular weight is 301 g/mol. The Morgan fingerprint density at radius 3 is 2.25 bits per heavy atom. The number of carboxylic acids is 1. The molecular formula is C13H19NO5S. The summed E-state index contributed by atoms with van der Waals surface area (Å²) in [7, 11) is -2.30. The molecule has 2 N–H and O–H groups in total. The number of rotatable bonds is 7. The van der Waals surface area contributed by atoms with Gasteiger partial charge in [0.1, 0.15) is 6.04 Å². The Hall–Kier alpha value is -1.44. The molecule has 0 bridgehead atoms. The van der Waals surface area contributed by atoms with Crippen molar-refractivity contribution in [3.8, 4) is 0 Å². The van der Waals surface area contributed by atoms with Crippen LogP contribution in [0, 0.1) is 5.92 Å². The van der Waals surface area contributed by atoms with Crippen LogP contribution in [0.3, 0.4) is 0 Å². The summed E-state index contributed by atoms with van der Waals surface area (Å²) in [5.41, 5.74) is 0.838. The number of carbonyl (C=O) groups is 1. The van der Waals surface area contributed by atoms with Crippen molar-refractivity contribution in [3.05, 3.63) is 29.8 Å². The van der Waals surface area contributed by atoms with Crippen molar-refractivity contribution in [1.82, 2.24) is 4.72 Å². The van der Waals surface area contributed by atoms with Gasteiger partial charge < -0.3 is 9.84 Å². The van der Waals surface area contributed by atoms with Gasteiger partial charge in [0.05, 0.1) is 11.5 Å². The van der Waals surface area contributed by atoms with Crippen molar-refractivity contribution in [3.63, 3.8) is 0 Å². The molecular weight excluding hydrogens is 282 g/mol. The predicted molar refractivity (Wildman–Crippen MR) is 73.7 cm³/mol. The van der Waals surface area contributed by atoms with Gasteiger partial charge in [0.2, 0.25) is 10.0 Å². The van der Waals surface area contributed by atoms with Crippen LogP contribution in [-0.4, -0.2) is 32.6 Å². The minimum Gasteiger partial charge on any atom is -0.480 e. The Bertz CT molecular complexity index is 551. The smallest absolute Gasteiger partial charge is 0.322 e. The second-order valence-corrected chi connectivity index (χ2v) is 6.47. The van der Waals surface area contributed by atoms with Crippen molar-refractivity contribution >= 4 is 16.0 Å². The molecule has 0 saturated heterocycles. The van der Waals surface area contributed by atoms with Crippen LogP contribution in [-0.2, 0) is 26.2 Å². The Morgan fingerprint density at radius 2 is 1.85 bits per heavy atom. The summed E-state index contributed by atoms with van der Waals surface area (Å²) in [6.07, 6.45) is 0. The van der Waals surface area contributed by atoms with Crippen LogP contribution in [0.15, 0.2) is 29.2 Å². The van der Waals surface area contributed by atoms with Crippen LogP contribution in [0.4, 0.5) is 0 Å². The maximum atomic E-state index is 12.1. The maximum absolute atomic E-state index is 12.1. The summed E-state index contributed by atoms with van der Waals surface area (Å²) < 4.78 is 31.4. The van der Waals surface area contributed by atoms with E-state index in [1.807, 2.05) is 0 Å². The zero-order valence-corrected chi connectivity index (χ0v) is 12.5. The molecule has 0 unspecified atom stereocenters. The van der Waals surface area contributed by atoms with E-state index in [1.165, 1.54) is 12.1 Å². The van der Waals surface area contributed by atoms with Crippen molar-refractivity contribution in [1.29, 1.82) is 0 Å². The Kier molecular flexibility index (Phi) is 5.67. The third-order valence-corrected chi connectivity index (χ3v) is 4.22. The fourth-order valence-corrected chi connectivity index (χ4v) is 2.98. The van der Waals surface area contributed by atoms with Gasteiger partial charge in [-0.15, -0.1) is 0 Å². The number of ether oxygens (including phenoxy) is 1. The van der Waals surface area contributed by atoms with Crippen LogP contribution in [0.2, 0.25) is 0 Å². The monoisotopic (exact) mass is 301 g/mol. The highest BCUT2D eigenvalue weighted by molar-refractivity contribution is 7.89. The quantitative estimate of drug-likeness (QED) is 0.790. The molecule has 0 saturated carbocycles. The lowest BCUT2D eigenvalue weighted by Gasteiger charge is -2.18. The molecule has 20 heavy (non-hydrogen) atoms. The fourth-order valence-electron chi connectivity index (χ4n) is 1.64. The summed E-state index contributed by atoms with van der Waals surface area (Å²) in [6, 6.07) is 4.96. The molecule has 0 spiro atoms. The van der Waals surface area contributed by atoms with Crippen molar-refractivity contribution in [2.45, 2.75) is 31.4 Å². The number of sulfonamides is 1. The molecule has 1 aromatic carbocycles. The third kappa shape index (κ3) is 4.29. The number of carboxylic acid groups (broad SMARTS) is 1. The van der Waals surface area contributed by atoms with Crippen LogP contribution >= 0.6 is 0 Å². The van der Waals surface area contributed by atoms with Crippen molar-refractivity contribution < 1.29 is 23.1 Å². The predicted octanol–water partition coefficient (Wildman–Crippen LogP) is 1.22. The van der Waals surface area contributed by atoms with Gasteiger partial charge in [0.25, 0.3) is 0 Å². The van der Waals surface area contributed by atoms with E-state index in [2.05, 4.69) is 4.72 Å². The highest BCUT2D eigenvalue weighted by atomic mass is 32.2. The first-order valence-corrected chi connectivity index (χ1v) is 7.59. The normalized spacial score (nSPS) is 13.4. The summed E-state index contributed by atoms with van der Waals surface area (Å²) in [4.78, 5) is 11.1. The van der Waals surface area contributed by atoms with E-state index in [0.717, 1.165) is 5.56 Å². The van der Waals surface area contributed by atoms with E-state index in [0.29, 0.717) is 6.61 Å². The Morgan fingerprint density at radius 1 is 1.30 bits per heavy atom. The first kappa shape index (κ1) is 16.6. The molecule has 0 aromatic heterocycles. The molecule has 0 aliphatic rings. The molecule has 0 radical (unpaired) electrons. The minimum atomic E-state index is -3.85. The first-order chi connectivity index (χ1) is 9.27. The van der Waals surface area contributed by atoms with Crippen LogP contribution in [0.25, 0.3) is 0 Å². The van der Waals surface area contributed by atoms with Gasteiger partial charge in [-0.1, -0.05) is 26.0 Å². The number of nitrogens with one attached hydrogen (secondary N) is 1. The molecule has 112 valence electrons. The van der Waals surface area contributed by atoms with E-state index in [4.69, 9.17) is 9.84 Å². The summed E-state index contributed by atoms with van der Waals surface area (Å²) in [5.74, 6) is -1.55. The molecule has 1 rings (SSSR count). The molecule has 0 fully saturated rings. The number of methoxy groups -OCH3 is 1. The lowest BCUT2D eigenvalue weighted by molar-refractivity contribution is -0.140. The van der Waals surface area contributed by atoms with Gasteiger partial charge >= 0.3 is 5.97 Å². The van der Waals surface area contributed by atoms with Crippen molar-refractivity contribution in [2.75, 3.05) is 7.11 Å². The van der Waals surface area contributed by atoms with E-state index < -0.39 is 22.0 Å². The second-order valence-electron chi connectivity index (χ2n) is 4.76. The molecule has 6 nitrogen and oxygen atoms in total. The van der Waals surface area contributed by atoms with Gasteiger partial charge in [-0.05, 0) is 23.6 Å². The standard InChI is InChI=1S/C13H19NO5S/c1-9(2)12(13(15)16)14-20(17,18)11-6-4-10(5-7-11)8-19-3/h4-7,9,12,14H,8H2,1-3H3,(H,15,16)/t12-/m0/s1. The molecule has 0 amide bonds.